The average molecular weight is 357 g/mol. The van der Waals surface area contributed by atoms with Crippen molar-refractivity contribution in [1.82, 2.24) is 15.2 Å². The Morgan fingerprint density at radius 1 is 1.40 bits per heavy atom. The number of nitrogens with one attached hydrogen (secondary N) is 1. The molecule has 0 bridgehead atoms. The molecule has 1 aliphatic heterocycles. The van der Waals surface area contributed by atoms with E-state index in [0.717, 1.165) is 42.2 Å². The van der Waals surface area contributed by atoms with Crippen LogP contribution >= 0.6 is 11.3 Å². The second kappa shape index (κ2) is 7.07. The zero-order chi connectivity index (χ0) is 17.2. The third kappa shape index (κ3) is 3.51. The summed E-state index contributed by atoms with van der Waals surface area (Å²) >= 11 is 1.63. The van der Waals surface area contributed by atoms with E-state index < -0.39 is 0 Å². The van der Waals surface area contributed by atoms with Gasteiger partial charge in [-0.25, -0.2) is 9.37 Å². The van der Waals surface area contributed by atoms with Crippen LogP contribution in [0.1, 0.15) is 23.1 Å². The normalized spacial score (nSPS) is 18.6. The molecule has 3 heterocycles. The van der Waals surface area contributed by atoms with Crippen molar-refractivity contribution in [2.24, 2.45) is 0 Å². The SMILES string of the molecule is Cc1oc(-c2ccsc2)nc1CN1CCNCC1c1cccc(F)c1. The second-order valence-corrected chi connectivity index (χ2v) is 7.06. The van der Waals surface area contributed by atoms with E-state index in [4.69, 9.17) is 9.40 Å². The Morgan fingerprint density at radius 2 is 2.32 bits per heavy atom. The fourth-order valence-electron chi connectivity index (χ4n) is 3.25. The molecule has 1 atom stereocenters. The van der Waals surface area contributed by atoms with Gasteiger partial charge in [-0.15, -0.1) is 0 Å². The summed E-state index contributed by atoms with van der Waals surface area (Å²) in [5.74, 6) is 1.32. The van der Waals surface area contributed by atoms with Gasteiger partial charge in [-0.3, -0.25) is 4.90 Å². The summed E-state index contributed by atoms with van der Waals surface area (Å²) in [7, 11) is 0. The number of benzene rings is 1. The van der Waals surface area contributed by atoms with Crippen LogP contribution < -0.4 is 5.32 Å². The first-order valence-corrected chi connectivity index (χ1v) is 9.34. The van der Waals surface area contributed by atoms with Crippen molar-refractivity contribution in [2.45, 2.75) is 19.5 Å². The molecule has 0 amide bonds. The third-order valence-corrected chi connectivity index (χ3v) is 5.28. The number of hydrogen-bond acceptors (Lipinski definition) is 5. The van der Waals surface area contributed by atoms with Crippen LogP contribution in [-0.4, -0.2) is 29.5 Å². The molecule has 25 heavy (non-hydrogen) atoms. The average Bonchev–Trinajstić information content (AvgIpc) is 3.26. The van der Waals surface area contributed by atoms with E-state index >= 15 is 0 Å². The van der Waals surface area contributed by atoms with E-state index in [1.54, 1.807) is 23.5 Å². The maximum absolute atomic E-state index is 13.6. The lowest BCUT2D eigenvalue weighted by Gasteiger charge is -2.36. The number of thiophene rings is 1. The minimum absolute atomic E-state index is 0.130. The molecule has 3 aromatic rings. The van der Waals surface area contributed by atoms with Crippen LogP contribution in [0, 0.1) is 12.7 Å². The maximum atomic E-state index is 13.6. The fourth-order valence-corrected chi connectivity index (χ4v) is 3.88. The van der Waals surface area contributed by atoms with Crippen LogP contribution in [0.3, 0.4) is 0 Å². The Labute approximate surface area is 150 Å². The van der Waals surface area contributed by atoms with Crippen molar-refractivity contribution in [3.8, 4) is 11.5 Å². The van der Waals surface area contributed by atoms with Gasteiger partial charge in [-0.05, 0) is 36.1 Å². The highest BCUT2D eigenvalue weighted by molar-refractivity contribution is 7.08. The standard InChI is InChI=1S/C19H20FN3OS/c1-13-17(22-19(24-13)15-5-8-25-12-15)11-23-7-6-21-10-18(23)14-3-2-4-16(20)9-14/h2-5,8-9,12,18,21H,6-7,10-11H2,1H3. The van der Waals surface area contributed by atoms with Crippen LogP contribution in [0.5, 0.6) is 0 Å². The summed E-state index contributed by atoms with van der Waals surface area (Å²) in [6, 6.07) is 9.01. The summed E-state index contributed by atoms with van der Waals surface area (Å²) < 4.78 is 19.5. The minimum Gasteiger partial charge on any atom is -0.441 e. The number of hydrogen-bond donors (Lipinski definition) is 1. The van der Waals surface area contributed by atoms with Crippen molar-refractivity contribution in [3.05, 3.63) is 63.9 Å². The van der Waals surface area contributed by atoms with Gasteiger partial charge < -0.3 is 9.73 Å². The van der Waals surface area contributed by atoms with E-state index in [1.165, 1.54) is 6.07 Å². The summed E-state index contributed by atoms with van der Waals surface area (Å²) in [6.45, 7) is 5.26. The summed E-state index contributed by atoms with van der Waals surface area (Å²) in [5, 5.41) is 7.46. The second-order valence-electron chi connectivity index (χ2n) is 6.28. The number of oxazole rings is 1. The van der Waals surface area contributed by atoms with Gasteiger partial charge in [-0.2, -0.15) is 11.3 Å². The van der Waals surface area contributed by atoms with Crippen molar-refractivity contribution in [2.75, 3.05) is 19.6 Å². The molecular formula is C19H20FN3OS. The molecule has 1 unspecified atom stereocenters. The highest BCUT2D eigenvalue weighted by Gasteiger charge is 2.26. The molecule has 4 rings (SSSR count). The summed E-state index contributed by atoms with van der Waals surface area (Å²) in [4.78, 5) is 7.04. The first kappa shape index (κ1) is 16.4. The molecule has 2 aromatic heterocycles. The smallest absolute Gasteiger partial charge is 0.227 e. The van der Waals surface area contributed by atoms with Crippen molar-refractivity contribution in [1.29, 1.82) is 0 Å². The van der Waals surface area contributed by atoms with E-state index in [9.17, 15) is 4.39 Å². The molecule has 4 nitrogen and oxygen atoms in total. The quantitative estimate of drug-likeness (QED) is 0.766. The zero-order valence-corrected chi connectivity index (χ0v) is 14.9. The minimum atomic E-state index is -0.194. The number of aromatic nitrogens is 1. The summed E-state index contributed by atoms with van der Waals surface area (Å²) in [5.41, 5.74) is 2.96. The Kier molecular flexibility index (Phi) is 4.65. The molecule has 130 valence electrons. The monoisotopic (exact) mass is 357 g/mol. The highest BCUT2D eigenvalue weighted by Crippen LogP contribution is 2.28. The lowest BCUT2D eigenvalue weighted by molar-refractivity contribution is 0.151. The number of halogens is 1. The molecule has 1 N–H and O–H groups in total. The van der Waals surface area contributed by atoms with Gasteiger partial charge in [0.1, 0.15) is 11.6 Å². The van der Waals surface area contributed by atoms with Gasteiger partial charge in [0, 0.05) is 43.2 Å². The topological polar surface area (TPSA) is 41.3 Å². The predicted octanol–water partition coefficient (Wildman–Crippen LogP) is 4.00. The first-order chi connectivity index (χ1) is 12.2. The molecule has 1 saturated heterocycles. The van der Waals surface area contributed by atoms with Crippen molar-refractivity contribution < 1.29 is 8.81 Å². The molecule has 1 fully saturated rings. The molecular weight excluding hydrogens is 337 g/mol. The highest BCUT2D eigenvalue weighted by atomic mass is 32.1. The molecule has 0 radical (unpaired) electrons. The Balaban J connectivity index is 1.58. The van der Waals surface area contributed by atoms with Crippen LogP contribution in [0.15, 0.2) is 45.5 Å². The van der Waals surface area contributed by atoms with Gasteiger partial charge >= 0.3 is 0 Å². The van der Waals surface area contributed by atoms with Gasteiger partial charge in [0.25, 0.3) is 0 Å². The van der Waals surface area contributed by atoms with Crippen LogP contribution in [-0.2, 0) is 6.54 Å². The predicted molar refractivity (Wildman–Crippen MR) is 97.0 cm³/mol. The Hall–Kier alpha value is -2.02. The lowest BCUT2D eigenvalue weighted by Crippen LogP contribution is -2.45. The van der Waals surface area contributed by atoms with Crippen molar-refractivity contribution in [3.63, 3.8) is 0 Å². The van der Waals surface area contributed by atoms with E-state index in [0.29, 0.717) is 12.4 Å². The number of nitrogens with zero attached hydrogens (tertiary/aromatic N) is 2. The Bertz CT molecular complexity index is 846. The molecule has 1 aromatic carbocycles. The Morgan fingerprint density at radius 3 is 3.12 bits per heavy atom. The van der Waals surface area contributed by atoms with E-state index in [2.05, 4.69) is 10.2 Å². The first-order valence-electron chi connectivity index (χ1n) is 8.40. The lowest BCUT2D eigenvalue weighted by atomic mass is 10.0. The zero-order valence-electron chi connectivity index (χ0n) is 14.0. The van der Waals surface area contributed by atoms with E-state index in [-0.39, 0.29) is 11.9 Å². The molecule has 0 aliphatic carbocycles. The van der Waals surface area contributed by atoms with Gasteiger partial charge in [0.05, 0.1) is 5.69 Å². The number of piperazine rings is 1. The van der Waals surface area contributed by atoms with Gasteiger partial charge in [0.15, 0.2) is 0 Å². The molecule has 6 heteroatoms. The summed E-state index contributed by atoms with van der Waals surface area (Å²) in [6.07, 6.45) is 0. The number of rotatable bonds is 4. The molecule has 1 aliphatic rings. The van der Waals surface area contributed by atoms with Crippen LogP contribution in [0.2, 0.25) is 0 Å². The molecule has 0 spiro atoms. The van der Waals surface area contributed by atoms with Gasteiger partial charge in [-0.1, -0.05) is 12.1 Å². The van der Waals surface area contributed by atoms with Crippen molar-refractivity contribution >= 4 is 11.3 Å². The molecule has 0 saturated carbocycles. The van der Waals surface area contributed by atoms with Crippen LogP contribution in [0.4, 0.5) is 4.39 Å². The van der Waals surface area contributed by atoms with Crippen LogP contribution in [0.25, 0.3) is 11.5 Å². The fraction of sp³-hybridized carbons (Fsp3) is 0.316. The largest absolute Gasteiger partial charge is 0.441 e. The maximum Gasteiger partial charge on any atom is 0.227 e. The van der Waals surface area contributed by atoms with E-state index in [1.807, 2.05) is 29.8 Å². The third-order valence-electron chi connectivity index (χ3n) is 4.60. The van der Waals surface area contributed by atoms with Gasteiger partial charge in [0.2, 0.25) is 5.89 Å². The number of aryl methyl sites for hydroxylation is 1.